The van der Waals surface area contributed by atoms with Crippen LogP contribution in [-0.4, -0.2) is 39.4 Å². The summed E-state index contributed by atoms with van der Waals surface area (Å²) >= 11 is 0. The number of aromatic hydroxyl groups is 1. The van der Waals surface area contributed by atoms with Crippen molar-refractivity contribution in [3.05, 3.63) is 29.8 Å². The first-order chi connectivity index (χ1) is 6.72. The molecule has 84 valence electrons. The van der Waals surface area contributed by atoms with E-state index in [9.17, 15) is 4.79 Å². The fourth-order valence-electron chi connectivity index (χ4n) is 0.654. The van der Waals surface area contributed by atoms with Gasteiger partial charge in [-0.3, -0.25) is 0 Å². The van der Waals surface area contributed by atoms with Crippen molar-refractivity contribution in [3.63, 3.8) is 0 Å². The van der Waals surface area contributed by atoms with Gasteiger partial charge in [-0.15, -0.1) is 0 Å². The molecule has 0 heterocycles. The van der Waals surface area contributed by atoms with E-state index in [0.717, 1.165) is 6.55 Å². The van der Waals surface area contributed by atoms with Crippen LogP contribution in [-0.2, 0) is 0 Å². The van der Waals surface area contributed by atoms with Gasteiger partial charge in [-0.05, 0) is 12.1 Å². The minimum absolute atomic E-state index is 0.0671. The summed E-state index contributed by atoms with van der Waals surface area (Å²) < 4.78 is 0. The van der Waals surface area contributed by atoms with E-state index in [1.54, 1.807) is 12.1 Å². The number of carboxylic acids is 1. The van der Waals surface area contributed by atoms with Crippen molar-refractivity contribution in [1.82, 2.24) is 0 Å². The van der Waals surface area contributed by atoms with Gasteiger partial charge in [0.05, 0.1) is 0 Å². The van der Waals surface area contributed by atoms with Crippen molar-refractivity contribution in [1.29, 1.82) is 0 Å². The van der Waals surface area contributed by atoms with Gasteiger partial charge in [-0.2, -0.15) is 0 Å². The van der Waals surface area contributed by atoms with E-state index in [4.69, 9.17) is 24.6 Å². The third-order valence-electron chi connectivity index (χ3n) is 1.13. The first kappa shape index (κ1) is 13.6. The lowest BCUT2D eigenvalue weighted by atomic mass is 10.2. The zero-order valence-electron chi connectivity index (χ0n) is 7.95. The molecule has 5 N–H and O–H groups in total. The van der Waals surface area contributed by atoms with Crippen LogP contribution in [0, 0.1) is 0 Å². The van der Waals surface area contributed by atoms with Crippen molar-refractivity contribution >= 4 is 14.8 Å². The van der Waals surface area contributed by atoms with E-state index in [1.165, 1.54) is 12.1 Å². The van der Waals surface area contributed by atoms with Gasteiger partial charge >= 0.3 is 14.8 Å². The summed E-state index contributed by atoms with van der Waals surface area (Å²) in [5.41, 5.74) is -0.0671. The van der Waals surface area contributed by atoms with E-state index in [1.807, 2.05) is 0 Å². The van der Waals surface area contributed by atoms with Crippen LogP contribution in [0.25, 0.3) is 0 Å². The first-order valence-corrected chi connectivity index (χ1v) is 6.24. The largest absolute Gasteiger partial charge is 0.507 e. The van der Waals surface area contributed by atoms with E-state index < -0.39 is 14.8 Å². The smallest absolute Gasteiger partial charge is 0.489 e. The lowest BCUT2D eigenvalue weighted by molar-refractivity contribution is 0.0693. The highest BCUT2D eigenvalue weighted by Crippen LogP contribution is 2.14. The third-order valence-corrected chi connectivity index (χ3v) is 1.13. The quantitative estimate of drug-likeness (QED) is 0.421. The molecule has 7 heteroatoms. The summed E-state index contributed by atoms with van der Waals surface area (Å²) in [4.78, 5) is 33.6. The number of rotatable bonds is 1. The van der Waals surface area contributed by atoms with Crippen LogP contribution in [0.2, 0.25) is 6.55 Å². The number of benzene rings is 1. The number of phenols is 1. The van der Waals surface area contributed by atoms with Crippen molar-refractivity contribution in [2.45, 2.75) is 6.55 Å². The fourth-order valence-corrected chi connectivity index (χ4v) is 0.654. The van der Waals surface area contributed by atoms with Gasteiger partial charge in [-0.1, -0.05) is 12.1 Å². The second kappa shape index (κ2) is 5.46. The Hall–Kier alpha value is -1.41. The highest BCUT2D eigenvalue weighted by Gasteiger charge is 2.14. The molecule has 0 aromatic heterocycles. The summed E-state index contributed by atoms with van der Waals surface area (Å²) in [6, 6.07) is 5.81. The van der Waals surface area contributed by atoms with Crippen molar-refractivity contribution < 1.29 is 29.4 Å². The Balaban J connectivity index is 0.000000336. The molecule has 0 radical (unpaired) electrons. The van der Waals surface area contributed by atoms with Crippen molar-refractivity contribution in [2.24, 2.45) is 0 Å². The minimum atomic E-state index is -3.61. The zero-order valence-corrected chi connectivity index (χ0v) is 8.95. The Morgan fingerprint density at radius 1 is 1.20 bits per heavy atom. The summed E-state index contributed by atoms with van der Waals surface area (Å²) in [5.74, 6) is -1.31. The number of para-hydroxylation sites is 1. The number of aromatic carboxylic acids is 1. The van der Waals surface area contributed by atoms with Gasteiger partial charge in [0.2, 0.25) is 0 Å². The molecule has 1 rings (SSSR count). The molecule has 0 atom stereocenters. The molecule has 0 spiro atoms. The van der Waals surface area contributed by atoms with E-state index in [2.05, 4.69) is 0 Å². The van der Waals surface area contributed by atoms with Crippen LogP contribution in [0.1, 0.15) is 10.4 Å². The molecular formula is C8H12O6Si. The molecule has 1 aromatic carbocycles. The predicted molar refractivity (Wildman–Crippen MR) is 53.3 cm³/mol. The summed E-state index contributed by atoms with van der Waals surface area (Å²) in [6.45, 7) is 0.993. The van der Waals surface area contributed by atoms with Crippen molar-refractivity contribution in [3.8, 4) is 5.75 Å². The van der Waals surface area contributed by atoms with Gasteiger partial charge in [0.1, 0.15) is 11.3 Å². The monoisotopic (exact) mass is 232 g/mol. The third kappa shape index (κ3) is 7.64. The molecule has 0 unspecified atom stereocenters. The normalized spacial score (nSPS) is 10.1. The highest BCUT2D eigenvalue weighted by atomic mass is 28.4. The number of carboxylic acid groups (broad SMARTS) is 1. The van der Waals surface area contributed by atoms with E-state index in [-0.39, 0.29) is 11.3 Å². The van der Waals surface area contributed by atoms with Gasteiger partial charge < -0.3 is 24.6 Å². The predicted octanol–water partition coefficient (Wildman–Crippen LogP) is -0.378. The van der Waals surface area contributed by atoms with Gasteiger partial charge in [-0.25, -0.2) is 4.79 Å². The number of hydrogen-bond donors (Lipinski definition) is 5. The van der Waals surface area contributed by atoms with E-state index in [0.29, 0.717) is 0 Å². The maximum atomic E-state index is 10.3. The second-order valence-corrected chi connectivity index (χ2v) is 4.73. The Labute approximate surface area is 87.1 Å². The zero-order chi connectivity index (χ0) is 12.1. The highest BCUT2D eigenvalue weighted by molar-refractivity contribution is 6.54. The van der Waals surface area contributed by atoms with Gasteiger partial charge in [0.15, 0.2) is 0 Å². The van der Waals surface area contributed by atoms with Crippen molar-refractivity contribution in [2.75, 3.05) is 0 Å². The maximum Gasteiger partial charge on any atom is 0.489 e. The van der Waals surface area contributed by atoms with Gasteiger partial charge in [0, 0.05) is 6.55 Å². The van der Waals surface area contributed by atoms with Crippen LogP contribution in [0.15, 0.2) is 24.3 Å². The second-order valence-electron chi connectivity index (χ2n) is 2.79. The standard InChI is InChI=1S/C7H6O3.CH6O3Si/c8-6-4-2-1-3-5(6)7(9)10;1-5(2,3)4/h1-4,8H,(H,9,10);2-4H,1H3. The van der Waals surface area contributed by atoms with Crippen LogP contribution >= 0.6 is 0 Å². The minimum Gasteiger partial charge on any atom is -0.507 e. The number of hydrogen-bond acceptors (Lipinski definition) is 5. The van der Waals surface area contributed by atoms with Gasteiger partial charge in [0.25, 0.3) is 0 Å². The Morgan fingerprint density at radius 2 is 1.60 bits per heavy atom. The molecule has 0 fully saturated rings. The molecule has 0 aliphatic carbocycles. The molecule has 0 aliphatic heterocycles. The molecule has 15 heavy (non-hydrogen) atoms. The first-order valence-electron chi connectivity index (χ1n) is 3.90. The average Bonchev–Trinajstić information content (AvgIpc) is 2.01. The Bertz CT molecular complexity index is 326. The Kier molecular flexibility index (Phi) is 4.95. The molecule has 0 aliphatic rings. The SMILES string of the molecule is C[Si](O)(O)O.O=C(O)c1ccccc1O. The molecule has 0 saturated heterocycles. The lowest BCUT2D eigenvalue weighted by Crippen LogP contribution is -2.28. The summed E-state index contributed by atoms with van der Waals surface area (Å²) in [5, 5.41) is 17.3. The molecule has 0 bridgehead atoms. The molecule has 0 amide bonds. The molecule has 6 nitrogen and oxygen atoms in total. The lowest BCUT2D eigenvalue weighted by Gasteiger charge is -1.95. The average molecular weight is 232 g/mol. The molecular weight excluding hydrogens is 220 g/mol. The number of carbonyl (C=O) groups is 1. The fraction of sp³-hybridized carbons (Fsp3) is 0.125. The van der Waals surface area contributed by atoms with Crippen LogP contribution in [0.3, 0.4) is 0 Å². The Morgan fingerprint density at radius 3 is 1.87 bits per heavy atom. The van der Waals surface area contributed by atoms with E-state index >= 15 is 0 Å². The molecule has 1 aromatic rings. The summed E-state index contributed by atoms with van der Waals surface area (Å²) in [7, 11) is -3.61. The summed E-state index contributed by atoms with van der Waals surface area (Å²) in [6.07, 6.45) is 0. The maximum absolute atomic E-state index is 10.3. The van der Waals surface area contributed by atoms with Crippen LogP contribution in [0.5, 0.6) is 5.75 Å². The van der Waals surface area contributed by atoms with Crippen LogP contribution < -0.4 is 0 Å². The van der Waals surface area contributed by atoms with Crippen LogP contribution in [0.4, 0.5) is 0 Å². The molecule has 0 saturated carbocycles. The topological polar surface area (TPSA) is 118 Å².